The van der Waals surface area contributed by atoms with Crippen molar-refractivity contribution in [3.63, 3.8) is 0 Å². The van der Waals surface area contributed by atoms with Crippen LogP contribution in [0.1, 0.15) is 28.4 Å². The Balaban J connectivity index is 1.64. The highest BCUT2D eigenvalue weighted by atomic mass is 16.5. The zero-order chi connectivity index (χ0) is 19.0. The molecule has 2 aromatic rings. The third kappa shape index (κ3) is 3.28. The number of carbonyl (C=O) groups excluding carboxylic acids is 1. The molecule has 1 amide bonds. The molecular formula is C17H18BN5O4. The molecule has 1 saturated heterocycles. The molecule has 9 nitrogen and oxygen atoms in total. The third-order valence-electron chi connectivity index (χ3n) is 4.90. The molecule has 1 aromatic carbocycles. The van der Waals surface area contributed by atoms with Crippen LogP contribution < -0.4 is 16.5 Å². The van der Waals surface area contributed by atoms with Crippen molar-refractivity contribution >= 4 is 30.0 Å². The molecule has 2 aliphatic heterocycles. The zero-order valence-corrected chi connectivity index (χ0v) is 14.5. The monoisotopic (exact) mass is 367 g/mol. The first kappa shape index (κ1) is 17.5. The first-order chi connectivity index (χ1) is 13.1. The van der Waals surface area contributed by atoms with E-state index < -0.39 is 13.0 Å². The van der Waals surface area contributed by atoms with Gasteiger partial charge in [0.1, 0.15) is 5.56 Å². The van der Waals surface area contributed by atoms with Crippen molar-refractivity contribution in [3.8, 4) is 6.07 Å². The van der Waals surface area contributed by atoms with Gasteiger partial charge in [-0.15, -0.1) is 0 Å². The van der Waals surface area contributed by atoms with E-state index in [2.05, 4.69) is 16.5 Å². The fourth-order valence-electron chi connectivity index (χ4n) is 3.41. The van der Waals surface area contributed by atoms with Crippen LogP contribution in [-0.4, -0.2) is 41.0 Å². The normalized spacial score (nSPS) is 21.6. The minimum absolute atomic E-state index is 0.231. The van der Waals surface area contributed by atoms with Gasteiger partial charge in [0.15, 0.2) is 5.82 Å². The number of aromatic nitrogens is 2. The maximum atomic E-state index is 11.9. The van der Waals surface area contributed by atoms with Gasteiger partial charge in [0, 0.05) is 18.5 Å². The summed E-state index contributed by atoms with van der Waals surface area (Å²) in [7, 11) is -0.913. The van der Waals surface area contributed by atoms with Crippen molar-refractivity contribution in [2.24, 2.45) is 11.7 Å². The average molecular weight is 367 g/mol. The quantitative estimate of drug-likeness (QED) is 0.650. The van der Waals surface area contributed by atoms with Gasteiger partial charge in [-0.2, -0.15) is 10.4 Å². The summed E-state index contributed by atoms with van der Waals surface area (Å²) >= 11 is 0. The van der Waals surface area contributed by atoms with Crippen LogP contribution in [0.15, 0.2) is 24.4 Å². The molecule has 0 aliphatic carbocycles. The van der Waals surface area contributed by atoms with E-state index in [1.165, 1.54) is 0 Å². The number of nitrogens with two attached hydrogens (primary N) is 1. The predicted molar refractivity (Wildman–Crippen MR) is 96.4 cm³/mol. The Morgan fingerprint density at radius 2 is 2.37 bits per heavy atom. The maximum absolute atomic E-state index is 11.9. The topological polar surface area (TPSA) is 135 Å². The lowest BCUT2D eigenvalue weighted by Crippen LogP contribution is -2.29. The van der Waals surface area contributed by atoms with Gasteiger partial charge in [0.25, 0.3) is 5.91 Å². The molecule has 1 aromatic heterocycles. The van der Waals surface area contributed by atoms with Crippen LogP contribution in [0.25, 0.3) is 0 Å². The van der Waals surface area contributed by atoms with Gasteiger partial charge >= 0.3 is 7.12 Å². The van der Waals surface area contributed by atoms with Crippen LogP contribution in [0.4, 0.5) is 11.5 Å². The van der Waals surface area contributed by atoms with Crippen LogP contribution in [0.3, 0.4) is 0 Å². The van der Waals surface area contributed by atoms with Crippen LogP contribution in [0.5, 0.6) is 0 Å². The Bertz CT molecular complexity index is 925. The van der Waals surface area contributed by atoms with E-state index >= 15 is 0 Å². The fraction of sp³-hybridized carbons (Fsp3) is 0.353. The highest BCUT2D eigenvalue weighted by Crippen LogP contribution is 2.29. The number of hydrogen-bond acceptors (Lipinski definition) is 7. The Labute approximate surface area is 155 Å². The van der Waals surface area contributed by atoms with Crippen molar-refractivity contribution in [3.05, 3.63) is 35.5 Å². The highest BCUT2D eigenvalue weighted by molar-refractivity contribution is 6.61. The lowest BCUT2D eigenvalue weighted by Gasteiger charge is -2.26. The van der Waals surface area contributed by atoms with Gasteiger partial charge in [0.2, 0.25) is 0 Å². The van der Waals surface area contributed by atoms with Crippen molar-refractivity contribution in [1.82, 2.24) is 9.78 Å². The summed E-state index contributed by atoms with van der Waals surface area (Å²) in [5, 5.41) is 26.6. The molecule has 0 radical (unpaired) electrons. The van der Waals surface area contributed by atoms with Gasteiger partial charge in [0.05, 0.1) is 31.2 Å². The molecule has 0 spiro atoms. The molecular weight excluding hydrogens is 349 g/mol. The van der Waals surface area contributed by atoms with E-state index in [1.54, 1.807) is 23.0 Å². The maximum Gasteiger partial charge on any atom is 0.491 e. The summed E-state index contributed by atoms with van der Waals surface area (Å²) < 4.78 is 12.2. The molecule has 10 heteroatoms. The van der Waals surface area contributed by atoms with Crippen LogP contribution in [0.2, 0.25) is 0 Å². The number of ether oxygens (including phenoxy) is 1. The Morgan fingerprint density at radius 3 is 3.15 bits per heavy atom. The summed E-state index contributed by atoms with van der Waals surface area (Å²) in [4.78, 5) is 11.9. The van der Waals surface area contributed by atoms with Crippen molar-refractivity contribution in [2.45, 2.75) is 19.1 Å². The van der Waals surface area contributed by atoms with Crippen molar-refractivity contribution < 1.29 is 19.2 Å². The van der Waals surface area contributed by atoms with Crippen molar-refractivity contribution in [2.75, 3.05) is 18.5 Å². The minimum Gasteiger partial charge on any atom is -0.423 e. The number of fused-ring (bicyclic) bond motifs is 1. The van der Waals surface area contributed by atoms with E-state index in [-0.39, 0.29) is 17.5 Å². The van der Waals surface area contributed by atoms with E-state index in [0.717, 1.165) is 11.0 Å². The Kier molecular flexibility index (Phi) is 4.57. The number of rotatable bonds is 4. The molecule has 0 bridgehead atoms. The van der Waals surface area contributed by atoms with E-state index in [0.29, 0.717) is 37.7 Å². The summed E-state index contributed by atoms with van der Waals surface area (Å²) in [6.45, 7) is 1.20. The summed E-state index contributed by atoms with van der Waals surface area (Å²) in [5.41, 5.74) is 8.01. The lowest BCUT2D eigenvalue weighted by atomic mass is 9.79. The Hall–Kier alpha value is -2.87. The number of carbonyl (C=O) groups is 1. The second-order valence-electron chi connectivity index (χ2n) is 6.60. The van der Waals surface area contributed by atoms with E-state index in [4.69, 9.17) is 15.1 Å². The molecule has 0 unspecified atom stereocenters. The molecule has 4 rings (SSSR count). The number of nitriles is 1. The van der Waals surface area contributed by atoms with Gasteiger partial charge in [-0.05, 0) is 29.6 Å². The van der Waals surface area contributed by atoms with Gasteiger partial charge in [-0.3, -0.25) is 9.48 Å². The predicted octanol–water partition coefficient (Wildman–Crippen LogP) is 0.0445. The molecule has 0 saturated carbocycles. The molecule has 2 aliphatic rings. The SMILES string of the molecule is N#C[C@@H]1CCOC[C@H]1n1cc(C(N)=O)c(Nc2ccc3c(c2)COB3O)n1. The second-order valence-corrected chi connectivity index (χ2v) is 6.60. The molecule has 2 atom stereocenters. The number of hydrogen-bond donors (Lipinski definition) is 3. The minimum atomic E-state index is -0.913. The standard InChI is InChI=1S/C17H18BN5O4/c19-6-10-3-4-26-9-15(10)23-7-13(16(20)24)17(22-23)21-12-1-2-14-11(5-12)8-27-18(14)25/h1-2,5,7,10,15,25H,3-4,8-9H2,(H2,20,24)(H,21,22)/t10-,15+/m0/s1. The largest absolute Gasteiger partial charge is 0.491 e. The molecule has 4 N–H and O–H groups in total. The number of primary amides is 1. The molecule has 138 valence electrons. The van der Waals surface area contributed by atoms with E-state index in [9.17, 15) is 15.1 Å². The van der Waals surface area contributed by atoms with E-state index in [1.807, 2.05) is 6.07 Å². The smallest absolute Gasteiger partial charge is 0.423 e. The van der Waals surface area contributed by atoms with Crippen molar-refractivity contribution in [1.29, 1.82) is 5.26 Å². The summed E-state index contributed by atoms with van der Waals surface area (Å²) in [6, 6.07) is 7.36. The number of benzene rings is 1. The molecule has 1 fully saturated rings. The zero-order valence-electron chi connectivity index (χ0n) is 14.5. The van der Waals surface area contributed by atoms with Gasteiger partial charge in [-0.25, -0.2) is 0 Å². The summed E-state index contributed by atoms with van der Waals surface area (Å²) in [5.74, 6) is -0.552. The Morgan fingerprint density at radius 1 is 1.52 bits per heavy atom. The average Bonchev–Trinajstić information content (AvgIpc) is 3.25. The number of anilines is 2. The van der Waals surface area contributed by atoms with Gasteiger partial charge in [-0.1, -0.05) is 6.07 Å². The lowest BCUT2D eigenvalue weighted by molar-refractivity contribution is 0.0342. The first-order valence-corrected chi connectivity index (χ1v) is 8.62. The second kappa shape index (κ2) is 7.04. The number of nitrogens with zero attached hydrogens (tertiary/aromatic N) is 3. The number of amides is 1. The van der Waals surface area contributed by atoms with Crippen LogP contribution in [-0.2, 0) is 16.0 Å². The fourth-order valence-corrected chi connectivity index (χ4v) is 3.41. The van der Waals surface area contributed by atoms with Gasteiger partial charge < -0.3 is 25.5 Å². The molecule has 3 heterocycles. The first-order valence-electron chi connectivity index (χ1n) is 8.62. The van der Waals surface area contributed by atoms with Crippen LogP contribution in [0, 0.1) is 17.2 Å². The highest BCUT2D eigenvalue weighted by Gasteiger charge is 2.30. The van der Waals surface area contributed by atoms with Crippen LogP contribution >= 0.6 is 0 Å². The molecule has 27 heavy (non-hydrogen) atoms. The third-order valence-corrected chi connectivity index (χ3v) is 4.90. The summed E-state index contributed by atoms with van der Waals surface area (Å²) in [6.07, 6.45) is 2.16. The number of nitrogens with one attached hydrogen (secondary N) is 1.